The Kier molecular flexibility index (Phi) is 6.08. The van der Waals surface area contributed by atoms with Crippen molar-refractivity contribution in [3.05, 3.63) is 76.9 Å². The molecule has 0 fully saturated rings. The van der Waals surface area contributed by atoms with Gasteiger partial charge in [0.05, 0.1) is 0 Å². The largest absolute Gasteiger partial charge is 0.238 e. The normalized spacial score (nSPS) is 10.7. The molecule has 7 nitrogen and oxygen atoms in total. The Morgan fingerprint density at radius 3 is 2.45 bits per heavy atom. The minimum Gasteiger partial charge on any atom is -0.238 e. The highest BCUT2D eigenvalue weighted by molar-refractivity contribution is 5.80. The number of tetrazole rings is 1. The van der Waals surface area contributed by atoms with Crippen LogP contribution in [0.4, 0.5) is 0 Å². The van der Waals surface area contributed by atoms with E-state index in [0.29, 0.717) is 23.8 Å². The summed E-state index contributed by atoms with van der Waals surface area (Å²) in [6.07, 6.45) is 3.62. The van der Waals surface area contributed by atoms with Gasteiger partial charge in [-0.05, 0) is 41.7 Å². The van der Waals surface area contributed by atoms with Crippen LogP contribution in [-0.4, -0.2) is 30.6 Å². The smallest absolute Gasteiger partial charge is 0.205 e. The van der Waals surface area contributed by atoms with Gasteiger partial charge in [0.25, 0.3) is 0 Å². The molecule has 7 heteroatoms. The number of aryl methyl sites for hydroxylation is 2. The molecule has 0 saturated carbocycles. The van der Waals surface area contributed by atoms with Crippen LogP contribution in [0.5, 0.6) is 0 Å². The molecule has 2 aromatic carbocycles. The van der Waals surface area contributed by atoms with E-state index in [2.05, 4.69) is 67.9 Å². The van der Waals surface area contributed by atoms with E-state index in [0.717, 1.165) is 52.8 Å². The second-order valence-corrected chi connectivity index (χ2v) is 7.41. The Balaban J connectivity index is 1.65. The number of nitrogens with one attached hydrogen (secondary N) is 1. The molecule has 2 heterocycles. The van der Waals surface area contributed by atoms with Crippen molar-refractivity contribution in [2.24, 2.45) is 0 Å². The van der Waals surface area contributed by atoms with Crippen molar-refractivity contribution in [3.63, 3.8) is 0 Å². The van der Waals surface area contributed by atoms with Crippen molar-refractivity contribution < 1.29 is 0 Å². The zero-order chi connectivity index (χ0) is 21.6. The highest BCUT2D eigenvalue weighted by atomic mass is 15.5. The highest BCUT2D eigenvalue weighted by Crippen LogP contribution is 2.30. The first-order valence-electron chi connectivity index (χ1n) is 10.4. The third-order valence-corrected chi connectivity index (χ3v) is 5.24. The van der Waals surface area contributed by atoms with Gasteiger partial charge in [0.2, 0.25) is 5.82 Å². The summed E-state index contributed by atoms with van der Waals surface area (Å²) in [5, 5.41) is 24.0. The van der Waals surface area contributed by atoms with E-state index < -0.39 is 0 Å². The second-order valence-electron chi connectivity index (χ2n) is 7.41. The summed E-state index contributed by atoms with van der Waals surface area (Å²) in [7, 11) is 0. The summed E-state index contributed by atoms with van der Waals surface area (Å²) in [5.74, 6) is 1.22. The van der Waals surface area contributed by atoms with E-state index in [4.69, 9.17) is 0 Å². The molecule has 0 aliphatic heterocycles. The molecule has 0 unspecified atom stereocenters. The van der Waals surface area contributed by atoms with Crippen LogP contribution >= 0.6 is 0 Å². The fourth-order valence-electron chi connectivity index (χ4n) is 3.70. The molecule has 0 spiro atoms. The topological polar surface area (TPSA) is 104 Å². The van der Waals surface area contributed by atoms with E-state index in [1.54, 1.807) is 0 Å². The molecular formula is C24H23N7. The lowest BCUT2D eigenvalue weighted by Gasteiger charge is -2.12. The molecule has 0 saturated heterocycles. The molecule has 154 valence electrons. The first-order chi connectivity index (χ1) is 15.2. The molecule has 4 rings (SSSR count). The lowest BCUT2D eigenvalue weighted by atomic mass is 9.95. The molecule has 1 N–H and O–H groups in total. The van der Waals surface area contributed by atoms with Gasteiger partial charge in [-0.1, -0.05) is 61.9 Å². The standard InChI is InChI=1S/C24H23N7/c1-3-4-9-22-21(23(15-25)27-16(2)26-22)14-17-10-12-18(13-11-17)19-7-5-6-8-20(19)24-28-30-31-29-24/h5-8,10-13H,3-4,9,14H2,1-2H3,(H,28,29,30,31). The highest BCUT2D eigenvalue weighted by Gasteiger charge is 2.15. The van der Waals surface area contributed by atoms with E-state index in [-0.39, 0.29) is 0 Å². The summed E-state index contributed by atoms with van der Waals surface area (Å²) in [4.78, 5) is 9.00. The fourth-order valence-corrected chi connectivity index (χ4v) is 3.70. The van der Waals surface area contributed by atoms with Crippen LogP contribution < -0.4 is 0 Å². The summed E-state index contributed by atoms with van der Waals surface area (Å²) in [6, 6.07) is 18.6. The molecule has 0 radical (unpaired) electrons. The van der Waals surface area contributed by atoms with Crippen LogP contribution in [0.25, 0.3) is 22.5 Å². The van der Waals surface area contributed by atoms with E-state index >= 15 is 0 Å². The summed E-state index contributed by atoms with van der Waals surface area (Å²) in [5.41, 5.74) is 6.53. The van der Waals surface area contributed by atoms with Gasteiger partial charge in [-0.2, -0.15) is 10.5 Å². The molecule has 2 aromatic heterocycles. The molecule has 0 amide bonds. The van der Waals surface area contributed by atoms with Gasteiger partial charge in [-0.15, -0.1) is 10.2 Å². The van der Waals surface area contributed by atoms with Crippen LogP contribution in [0.15, 0.2) is 48.5 Å². The Hall–Kier alpha value is -3.92. The van der Waals surface area contributed by atoms with Crippen molar-refractivity contribution >= 4 is 0 Å². The van der Waals surface area contributed by atoms with Gasteiger partial charge in [0.1, 0.15) is 17.6 Å². The Labute approximate surface area is 181 Å². The summed E-state index contributed by atoms with van der Waals surface area (Å²) < 4.78 is 0. The van der Waals surface area contributed by atoms with Crippen LogP contribution in [-0.2, 0) is 12.8 Å². The molecule has 0 atom stereocenters. The average Bonchev–Trinajstić information content (AvgIpc) is 3.34. The summed E-state index contributed by atoms with van der Waals surface area (Å²) in [6.45, 7) is 4.00. The zero-order valence-electron chi connectivity index (χ0n) is 17.6. The number of nitrogens with zero attached hydrogens (tertiary/aromatic N) is 6. The molecule has 4 aromatic rings. The lowest BCUT2D eigenvalue weighted by Crippen LogP contribution is -2.07. The van der Waals surface area contributed by atoms with Gasteiger partial charge < -0.3 is 0 Å². The number of rotatable bonds is 7. The maximum absolute atomic E-state index is 9.62. The molecule has 31 heavy (non-hydrogen) atoms. The first-order valence-corrected chi connectivity index (χ1v) is 10.4. The fraction of sp³-hybridized carbons (Fsp3) is 0.250. The lowest BCUT2D eigenvalue weighted by molar-refractivity contribution is 0.755. The van der Waals surface area contributed by atoms with Crippen LogP contribution in [0.3, 0.4) is 0 Å². The van der Waals surface area contributed by atoms with E-state index in [1.807, 2.05) is 31.2 Å². The minimum absolute atomic E-state index is 0.477. The van der Waals surface area contributed by atoms with Crippen LogP contribution in [0.2, 0.25) is 0 Å². The number of hydrogen-bond donors (Lipinski definition) is 1. The van der Waals surface area contributed by atoms with Crippen LogP contribution in [0, 0.1) is 18.3 Å². The van der Waals surface area contributed by atoms with Crippen molar-refractivity contribution in [2.45, 2.75) is 39.5 Å². The van der Waals surface area contributed by atoms with Gasteiger partial charge in [0, 0.05) is 23.2 Å². The van der Waals surface area contributed by atoms with Crippen molar-refractivity contribution in [1.82, 2.24) is 30.6 Å². The van der Waals surface area contributed by atoms with Gasteiger partial charge in [-0.3, -0.25) is 0 Å². The predicted octanol–water partition coefficient (Wildman–Crippen LogP) is 4.44. The number of H-pyrrole nitrogens is 1. The number of hydrogen-bond acceptors (Lipinski definition) is 6. The van der Waals surface area contributed by atoms with Crippen LogP contribution in [0.1, 0.15) is 48.1 Å². The number of benzene rings is 2. The number of nitriles is 1. The van der Waals surface area contributed by atoms with Gasteiger partial charge in [-0.25, -0.2) is 9.97 Å². The average molecular weight is 409 g/mol. The quantitative estimate of drug-likeness (QED) is 0.484. The zero-order valence-corrected chi connectivity index (χ0v) is 17.6. The van der Waals surface area contributed by atoms with E-state index in [1.165, 1.54) is 0 Å². The number of aromatic amines is 1. The number of aromatic nitrogens is 6. The van der Waals surface area contributed by atoms with E-state index in [9.17, 15) is 5.26 Å². The Morgan fingerprint density at radius 1 is 1.00 bits per heavy atom. The van der Waals surface area contributed by atoms with Crippen molar-refractivity contribution in [2.75, 3.05) is 0 Å². The minimum atomic E-state index is 0.477. The second kappa shape index (κ2) is 9.26. The van der Waals surface area contributed by atoms with Gasteiger partial charge in [0.15, 0.2) is 0 Å². The van der Waals surface area contributed by atoms with Crippen molar-refractivity contribution in [1.29, 1.82) is 5.26 Å². The third-order valence-electron chi connectivity index (χ3n) is 5.24. The molecule has 0 aliphatic rings. The Morgan fingerprint density at radius 2 is 1.77 bits per heavy atom. The molecular weight excluding hydrogens is 386 g/mol. The predicted molar refractivity (Wildman–Crippen MR) is 118 cm³/mol. The maximum Gasteiger partial charge on any atom is 0.205 e. The maximum atomic E-state index is 9.62. The monoisotopic (exact) mass is 409 g/mol. The molecule has 0 bridgehead atoms. The SMILES string of the molecule is CCCCc1nc(C)nc(C#N)c1Cc1ccc(-c2ccccc2-c2nn[nH]n2)cc1. The number of unbranched alkanes of at least 4 members (excludes halogenated alkanes) is 1. The molecule has 0 aliphatic carbocycles. The third kappa shape index (κ3) is 4.48. The first kappa shape index (κ1) is 20.4. The Bertz CT molecular complexity index is 1210. The summed E-state index contributed by atoms with van der Waals surface area (Å²) >= 11 is 0. The van der Waals surface area contributed by atoms with Crippen molar-refractivity contribution in [3.8, 4) is 28.6 Å². The van der Waals surface area contributed by atoms with Gasteiger partial charge >= 0.3 is 0 Å².